The molecule has 1 unspecified atom stereocenters. The van der Waals surface area contributed by atoms with Gasteiger partial charge in [0.1, 0.15) is 5.82 Å². The number of aromatic nitrogens is 1. The van der Waals surface area contributed by atoms with E-state index in [2.05, 4.69) is 15.6 Å². The number of anilines is 1. The van der Waals surface area contributed by atoms with Crippen LogP contribution in [-0.4, -0.2) is 24.0 Å². The van der Waals surface area contributed by atoms with E-state index in [0.717, 1.165) is 30.8 Å². The number of hydrogen-bond acceptors (Lipinski definition) is 3. The standard InChI is InChI=1S/C12H17N3O/c1-8-5-9(2)14-11(6-8)15-12(16)10-3-4-13-7-10/h5-6,10,13H,3-4,7H2,1-2H3,(H,14,15,16). The molecule has 16 heavy (non-hydrogen) atoms. The Bertz CT molecular complexity index is 377. The normalized spacial score (nSPS) is 19.8. The first kappa shape index (κ1) is 11.1. The molecule has 1 aromatic heterocycles. The van der Waals surface area contributed by atoms with Crippen molar-refractivity contribution in [3.05, 3.63) is 23.4 Å². The Morgan fingerprint density at radius 2 is 2.31 bits per heavy atom. The van der Waals surface area contributed by atoms with Crippen molar-refractivity contribution in [2.24, 2.45) is 5.92 Å². The summed E-state index contributed by atoms with van der Waals surface area (Å²) in [5.74, 6) is 0.819. The van der Waals surface area contributed by atoms with Gasteiger partial charge in [-0.25, -0.2) is 4.98 Å². The van der Waals surface area contributed by atoms with Crippen LogP contribution in [0.2, 0.25) is 0 Å². The fourth-order valence-electron chi connectivity index (χ4n) is 2.01. The molecular weight excluding hydrogens is 202 g/mol. The summed E-state index contributed by atoms with van der Waals surface area (Å²) in [6.45, 7) is 5.64. The van der Waals surface area contributed by atoms with E-state index in [0.29, 0.717) is 5.82 Å². The first-order valence-corrected chi connectivity index (χ1v) is 5.62. The highest BCUT2D eigenvalue weighted by Crippen LogP contribution is 2.13. The van der Waals surface area contributed by atoms with E-state index < -0.39 is 0 Å². The van der Waals surface area contributed by atoms with E-state index in [4.69, 9.17) is 0 Å². The highest BCUT2D eigenvalue weighted by atomic mass is 16.2. The summed E-state index contributed by atoms with van der Waals surface area (Å²) in [6.07, 6.45) is 0.913. The van der Waals surface area contributed by atoms with Crippen molar-refractivity contribution in [2.45, 2.75) is 20.3 Å². The zero-order valence-electron chi connectivity index (χ0n) is 9.71. The van der Waals surface area contributed by atoms with Crippen molar-refractivity contribution in [1.82, 2.24) is 10.3 Å². The largest absolute Gasteiger partial charge is 0.316 e. The van der Waals surface area contributed by atoms with Crippen LogP contribution >= 0.6 is 0 Å². The van der Waals surface area contributed by atoms with Crippen LogP contribution in [0.15, 0.2) is 12.1 Å². The molecule has 1 aliphatic heterocycles. The maximum absolute atomic E-state index is 11.8. The highest BCUT2D eigenvalue weighted by Gasteiger charge is 2.22. The summed E-state index contributed by atoms with van der Waals surface area (Å²) in [4.78, 5) is 16.1. The number of nitrogens with zero attached hydrogens (tertiary/aromatic N) is 1. The number of nitrogens with one attached hydrogen (secondary N) is 2. The maximum atomic E-state index is 11.8. The predicted molar refractivity (Wildman–Crippen MR) is 63.3 cm³/mol. The van der Waals surface area contributed by atoms with Gasteiger partial charge >= 0.3 is 0 Å². The molecule has 0 radical (unpaired) electrons. The Morgan fingerprint density at radius 1 is 1.50 bits per heavy atom. The number of aryl methyl sites for hydroxylation is 2. The van der Waals surface area contributed by atoms with Gasteiger partial charge in [-0.05, 0) is 44.5 Å². The van der Waals surface area contributed by atoms with Gasteiger partial charge in [0.25, 0.3) is 0 Å². The van der Waals surface area contributed by atoms with E-state index in [1.54, 1.807) is 0 Å². The monoisotopic (exact) mass is 219 g/mol. The quantitative estimate of drug-likeness (QED) is 0.787. The summed E-state index contributed by atoms with van der Waals surface area (Å²) >= 11 is 0. The fourth-order valence-corrected chi connectivity index (χ4v) is 2.01. The Balaban J connectivity index is 2.05. The van der Waals surface area contributed by atoms with E-state index in [1.165, 1.54) is 0 Å². The summed E-state index contributed by atoms with van der Waals surface area (Å²) in [5, 5.41) is 6.06. The number of carbonyl (C=O) groups is 1. The number of amides is 1. The molecule has 1 aliphatic rings. The van der Waals surface area contributed by atoms with Crippen LogP contribution in [0.5, 0.6) is 0 Å². The topological polar surface area (TPSA) is 54.0 Å². The van der Waals surface area contributed by atoms with Crippen LogP contribution in [-0.2, 0) is 4.79 Å². The fraction of sp³-hybridized carbons (Fsp3) is 0.500. The van der Waals surface area contributed by atoms with Crippen LogP contribution in [0.1, 0.15) is 17.7 Å². The molecular formula is C12H17N3O. The summed E-state index contributed by atoms with van der Waals surface area (Å²) in [5.41, 5.74) is 2.05. The highest BCUT2D eigenvalue weighted by molar-refractivity contribution is 5.92. The van der Waals surface area contributed by atoms with Gasteiger partial charge in [-0.3, -0.25) is 4.79 Å². The number of rotatable bonds is 2. The van der Waals surface area contributed by atoms with Crippen molar-refractivity contribution in [1.29, 1.82) is 0 Å². The van der Waals surface area contributed by atoms with Gasteiger partial charge in [0.15, 0.2) is 0 Å². The second-order valence-corrected chi connectivity index (χ2v) is 4.35. The minimum absolute atomic E-state index is 0.0718. The number of hydrogen-bond donors (Lipinski definition) is 2. The van der Waals surface area contributed by atoms with Crippen molar-refractivity contribution in [2.75, 3.05) is 18.4 Å². The summed E-state index contributed by atoms with van der Waals surface area (Å²) < 4.78 is 0. The molecule has 2 rings (SSSR count). The molecule has 1 saturated heterocycles. The van der Waals surface area contributed by atoms with Gasteiger partial charge in [-0.15, -0.1) is 0 Å². The minimum Gasteiger partial charge on any atom is -0.316 e. The molecule has 1 amide bonds. The Hall–Kier alpha value is -1.42. The average Bonchev–Trinajstić information content (AvgIpc) is 2.68. The van der Waals surface area contributed by atoms with Gasteiger partial charge in [0.2, 0.25) is 5.91 Å². The minimum atomic E-state index is 0.0718. The predicted octanol–water partition coefficient (Wildman–Crippen LogP) is 1.25. The zero-order chi connectivity index (χ0) is 11.5. The molecule has 0 spiro atoms. The van der Waals surface area contributed by atoms with Gasteiger partial charge < -0.3 is 10.6 Å². The van der Waals surface area contributed by atoms with Crippen LogP contribution in [0.3, 0.4) is 0 Å². The molecule has 0 aliphatic carbocycles. The van der Waals surface area contributed by atoms with Crippen LogP contribution in [0.4, 0.5) is 5.82 Å². The molecule has 0 aromatic carbocycles. The molecule has 86 valence electrons. The zero-order valence-corrected chi connectivity index (χ0v) is 9.71. The van der Waals surface area contributed by atoms with E-state index in [1.807, 2.05) is 26.0 Å². The van der Waals surface area contributed by atoms with E-state index in [9.17, 15) is 4.79 Å². The molecule has 1 aromatic rings. The third kappa shape index (κ3) is 2.58. The van der Waals surface area contributed by atoms with Crippen molar-refractivity contribution >= 4 is 11.7 Å². The van der Waals surface area contributed by atoms with Crippen molar-refractivity contribution < 1.29 is 4.79 Å². The molecule has 0 saturated carbocycles. The lowest BCUT2D eigenvalue weighted by atomic mass is 10.1. The van der Waals surface area contributed by atoms with E-state index in [-0.39, 0.29) is 11.8 Å². The number of carbonyl (C=O) groups excluding carboxylic acids is 1. The van der Waals surface area contributed by atoms with Crippen LogP contribution in [0.25, 0.3) is 0 Å². The molecule has 1 fully saturated rings. The molecule has 2 heterocycles. The third-order valence-electron chi connectivity index (χ3n) is 2.78. The van der Waals surface area contributed by atoms with Crippen LogP contribution < -0.4 is 10.6 Å². The lowest BCUT2D eigenvalue weighted by Gasteiger charge is -2.10. The Labute approximate surface area is 95.5 Å². The number of pyridine rings is 1. The third-order valence-corrected chi connectivity index (χ3v) is 2.78. The van der Waals surface area contributed by atoms with E-state index >= 15 is 0 Å². The lowest BCUT2D eigenvalue weighted by molar-refractivity contribution is -0.119. The second-order valence-electron chi connectivity index (χ2n) is 4.35. The van der Waals surface area contributed by atoms with Gasteiger partial charge in [0, 0.05) is 12.2 Å². The smallest absolute Gasteiger partial charge is 0.229 e. The second kappa shape index (κ2) is 4.61. The Kier molecular flexibility index (Phi) is 3.19. The summed E-state index contributed by atoms with van der Waals surface area (Å²) in [6, 6.07) is 3.89. The molecule has 1 atom stereocenters. The molecule has 4 nitrogen and oxygen atoms in total. The molecule has 0 bridgehead atoms. The van der Waals surface area contributed by atoms with Crippen molar-refractivity contribution in [3.8, 4) is 0 Å². The first-order valence-electron chi connectivity index (χ1n) is 5.62. The van der Waals surface area contributed by atoms with Crippen molar-refractivity contribution in [3.63, 3.8) is 0 Å². The van der Waals surface area contributed by atoms with Gasteiger partial charge in [-0.1, -0.05) is 0 Å². The van der Waals surface area contributed by atoms with Gasteiger partial charge in [0.05, 0.1) is 5.92 Å². The molecule has 4 heteroatoms. The SMILES string of the molecule is Cc1cc(C)nc(NC(=O)C2CCNC2)c1. The average molecular weight is 219 g/mol. The summed E-state index contributed by atoms with van der Waals surface area (Å²) in [7, 11) is 0. The van der Waals surface area contributed by atoms with Crippen LogP contribution in [0, 0.1) is 19.8 Å². The maximum Gasteiger partial charge on any atom is 0.229 e. The Morgan fingerprint density at radius 3 is 2.94 bits per heavy atom. The lowest BCUT2D eigenvalue weighted by Crippen LogP contribution is -2.25. The van der Waals surface area contributed by atoms with Gasteiger partial charge in [-0.2, -0.15) is 0 Å². The first-order chi connectivity index (χ1) is 7.65. The molecule has 2 N–H and O–H groups in total.